The monoisotopic (exact) mass is 970 g/mol. The molecule has 8 nitrogen and oxygen atoms in total. The van der Waals surface area contributed by atoms with Crippen LogP contribution in [0.4, 0.5) is 0 Å². The van der Waals surface area contributed by atoms with Crippen molar-refractivity contribution in [3.63, 3.8) is 0 Å². The zero-order valence-electron chi connectivity index (χ0n) is 43.8. The van der Waals surface area contributed by atoms with Crippen LogP contribution in [0.25, 0.3) is 0 Å². The molecule has 0 radical (unpaired) electrons. The van der Waals surface area contributed by atoms with Gasteiger partial charge in [0.15, 0.2) is 0 Å². The Bertz CT molecular complexity index is 1370. The minimum absolute atomic E-state index is 0.0933. The third-order valence-corrected chi connectivity index (χ3v) is 12.5. The van der Waals surface area contributed by atoms with E-state index in [1.807, 2.05) is 0 Å². The smallest absolute Gasteiger partial charge is 0.457 e. The van der Waals surface area contributed by atoms with E-state index >= 15 is 0 Å². The first-order valence-corrected chi connectivity index (χ1v) is 29.2. The molecule has 0 aromatic rings. The number of rotatable bonds is 52. The Morgan fingerprint density at radius 1 is 0.456 bits per heavy atom. The van der Waals surface area contributed by atoms with E-state index < -0.39 is 13.9 Å². The second-order valence-corrected chi connectivity index (χ2v) is 19.5. The van der Waals surface area contributed by atoms with Crippen molar-refractivity contribution in [3.05, 3.63) is 97.2 Å². The van der Waals surface area contributed by atoms with Gasteiger partial charge in [0.1, 0.15) is 6.10 Å². The van der Waals surface area contributed by atoms with E-state index in [0.717, 1.165) is 89.9 Å². The Morgan fingerprint density at radius 3 is 1.24 bits per heavy atom. The molecule has 0 fully saturated rings. The number of phosphoric acid groups is 1. The molecule has 0 aromatic heterocycles. The quantitative estimate of drug-likeness (QED) is 0.0268. The number of unbranched alkanes of at least 4 members (excludes halogenated alkanes) is 23. The number of carbonyl (C=O) groups excluding carboxylic acids is 1. The summed E-state index contributed by atoms with van der Waals surface area (Å²) >= 11 is 0. The molecular formula is C59H104NO7P. The van der Waals surface area contributed by atoms with Gasteiger partial charge >= 0.3 is 13.8 Å². The molecule has 0 amide bonds. The van der Waals surface area contributed by atoms with Crippen molar-refractivity contribution in [1.82, 2.24) is 0 Å². The molecule has 0 aliphatic rings. The van der Waals surface area contributed by atoms with Crippen molar-refractivity contribution in [3.8, 4) is 0 Å². The summed E-state index contributed by atoms with van der Waals surface area (Å²) in [4.78, 5) is 22.7. The lowest BCUT2D eigenvalue weighted by atomic mass is 10.0. The summed E-state index contributed by atoms with van der Waals surface area (Å²) < 4.78 is 33.7. The molecule has 0 heterocycles. The van der Waals surface area contributed by atoms with Crippen LogP contribution < -0.4 is 5.73 Å². The first-order chi connectivity index (χ1) is 33.4. The third kappa shape index (κ3) is 54.4. The maximum Gasteiger partial charge on any atom is 0.472 e. The fraction of sp³-hybridized carbons (Fsp3) is 0.712. The molecule has 0 saturated heterocycles. The van der Waals surface area contributed by atoms with Gasteiger partial charge < -0.3 is 20.1 Å². The number of nitrogens with two attached hydrogens (primary N) is 1. The number of hydrogen-bond acceptors (Lipinski definition) is 7. The van der Waals surface area contributed by atoms with Gasteiger partial charge in [-0.3, -0.25) is 13.8 Å². The topological polar surface area (TPSA) is 117 Å². The van der Waals surface area contributed by atoms with Crippen LogP contribution in [0.3, 0.4) is 0 Å². The van der Waals surface area contributed by atoms with Crippen molar-refractivity contribution in [1.29, 1.82) is 0 Å². The van der Waals surface area contributed by atoms with E-state index in [1.54, 1.807) is 0 Å². The number of carbonyl (C=O) groups is 1. The predicted octanol–water partition coefficient (Wildman–Crippen LogP) is 17.8. The lowest BCUT2D eigenvalue weighted by Gasteiger charge is -2.20. The van der Waals surface area contributed by atoms with Crippen molar-refractivity contribution >= 4 is 13.8 Å². The van der Waals surface area contributed by atoms with Crippen LogP contribution in [0, 0.1) is 0 Å². The SMILES string of the molecule is CC/C=C\C/C=C\C/C=C\C/C=C\C/C=C\C/C=C\CCCCCCCCCOCC(COP(=O)(O)OCCN)OC(=O)CCCCCCCCCCCCC/C=C\C/C=C\CCCCCCC. The highest BCUT2D eigenvalue weighted by Gasteiger charge is 2.25. The van der Waals surface area contributed by atoms with E-state index in [1.165, 1.54) is 122 Å². The lowest BCUT2D eigenvalue weighted by Crippen LogP contribution is -2.28. The van der Waals surface area contributed by atoms with Crippen molar-refractivity contribution < 1.29 is 32.8 Å². The number of ether oxygens (including phenoxy) is 2. The van der Waals surface area contributed by atoms with Gasteiger partial charge in [-0.2, -0.15) is 0 Å². The lowest BCUT2D eigenvalue weighted by molar-refractivity contribution is -0.154. The normalized spacial score (nSPS) is 14.0. The van der Waals surface area contributed by atoms with E-state index in [0.29, 0.717) is 13.0 Å². The van der Waals surface area contributed by atoms with Crippen LogP contribution in [0.5, 0.6) is 0 Å². The second kappa shape index (κ2) is 55.3. The molecule has 392 valence electrons. The Hall–Kier alpha value is -2.58. The molecule has 2 atom stereocenters. The summed E-state index contributed by atoms with van der Waals surface area (Å²) in [6.45, 7) is 4.77. The van der Waals surface area contributed by atoms with E-state index in [4.69, 9.17) is 24.3 Å². The van der Waals surface area contributed by atoms with Crippen LogP contribution in [-0.4, -0.2) is 49.9 Å². The predicted molar refractivity (Wildman–Crippen MR) is 293 cm³/mol. The highest BCUT2D eigenvalue weighted by Crippen LogP contribution is 2.43. The van der Waals surface area contributed by atoms with E-state index in [2.05, 4.69) is 111 Å². The van der Waals surface area contributed by atoms with Crippen molar-refractivity contribution in [2.75, 3.05) is 33.0 Å². The summed E-state index contributed by atoms with van der Waals surface area (Å²) in [5, 5.41) is 0. The number of esters is 1. The van der Waals surface area contributed by atoms with E-state index in [9.17, 15) is 14.3 Å². The Morgan fingerprint density at radius 2 is 0.824 bits per heavy atom. The number of hydrogen-bond donors (Lipinski definition) is 2. The Kier molecular flexibility index (Phi) is 53.2. The highest BCUT2D eigenvalue weighted by molar-refractivity contribution is 7.47. The van der Waals surface area contributed by atoms with Crippen LogP contribution in [0.2, 0.25) is 0 Å². The van der Waals surface area contributed by atoms with Gasteiger partial charge in [-0.1, -0.05) is 227 Å². The molecule has 0 aromatic carbocycles. The van der Waals surface area contributed by atoms with Crippen LogP contribution in [0.15, 0.2) is 97.2 Å². The largest absolute Gasteiger partial charge is 0.472 e. The van der Waals surface area contributed by atoms with Crippen molar-refractivity contribution in [2.24, 2.45) is 5.73 Å². The summed E-state index contributed by atoms with van der Waals surface area (Å²) in [5.74, 6) is -0.338. The molecule has 9 heteroatoms. The number of allylic oxidation sites excluding steroid dienone is 16. The first kappa shape index (κ1) is 65.4. The molecule has 0 saturated carbocycles. The highest BCUT2D eigenvalue weighted by atomic mass is 31.2. The molecule has 0 bridgehead atoms. The van der Waals surface area contributed by atoms with Gasteiger partial charge in [0.25, 0.3) is 0 Å². The second-order valence-electron chi connectivity index (χ2n) is 18.1. The van der Waals surface area contributed by atoms with Gasteiger partial charge in [0.05, 0.1) is 19.8 Å². The standard InChI is InChI=1S/C59H104NO7P/c1-3-5-7-9-11-13-15-17-19-21-23-25-27-28-29-31-33-35-37-39-41-43-45-47-49-51-54-64-56-58(57-66-68(62,63)65-55-53-60)67-59(61)52-50-48-46-44-42-40-38-36-34-32-30-26-24-22-20-18-16-14-12-10-8-6-4-2/h5,7,11,13,16-19,22-25,28-29,33,35,58H,3-4,6,8-10,12,14-15,20-21,26-27,30-32,34,36-57,60H2,1-2H3,(H,62,63)/b7-5-,13-11-,18-16-,19-17-,24-22-,25-23-,29-28-,35-33-. The summed E-state index contributed by atoms with van der Waals surface area (Å²) in [7, 11) is -4.30. The van der Waals surface area contributed by atoms with Crippen molar-refractivity contribution in [2.45, 2.75) is 238 Å². The zero-order chi connectivity index (χ0) is 49.4. The number of phosphoric ester groups is 1. The molecule has 2 unspecified atom stereocenters. The van der Waals surface area contributed by atoms with E-state index in [-0.39, 0.29) is 32.3 Å². The third-order valence-electron chi connectivity index (χ3n) is 11.5. The minimum Gasteiger partial charge on any atom is -0.457 e. The average Bonchev–Trinajstić information content (AvgIpc) is 3.33. The molecule has 0 aliphatic heterocycles. The first-order valence-electron chi connectivity index (χ1n) is 27.7. The van der Waals surface area contributed by atoms with Crippen LogP contribution in [0.1, 0.15) is 232 Å². The van der Waals surface area contributed by atoms with Gasteiger partial charge in [-0.05, 0) is 96.3 Å². The maximum absolute atomic E-state index is 12.7. The fourth-order valence-electron chi connectivity index (χ4n) is 7.44. The molecule has 0 spiro atoms. The molecular weight excluding hydrogens is 866 g/mol. The van der Waals surface area contributed by atoms with Crippen LogP contribution >= 0.6 is 7.82 Å². The summed E-state index contributed by atoms with van der Waals surface area (Å²) in [6, 6.07) is 0. The maximum atomic E-state index is 12.7. The molecule has 68 heavy (non-hydrogen) atoms. The minimum atomic E-state index is -4.30. The summed E-state index contributed by atoms with van der Waals surface area (Å²) in [5.41, 5.74) is 5.40. The van der Waals surface area contributed by atoms with Gasteiger partial charge in [0.2, 0.25) is 0 Å². The van der Waals surface area contributed by atoms with Gasteiger partial charge in [-0.15, -0.1) is 0 Å². The molecule has 0 rings (SSSR count). The summed E-state index contributed by atoms with van der Waals surface area (Å²) in [6.07, 6.45) is 74.5. The fourth-order valence-corrected chi connectivity index (χ4v) is 8.21. The van der Waals surface area contributed by atoms with Crippen LogP contribution in [-0.2, 0) is 27.9 Å². The van der Waals surface area contributed by atoms with Gasteiger partial charge in [-0.25, -0.2) is 4.57 Å². The average molecular weight is 970 g/mol. The molecule has 0 aliphatic carbocycles. The zero-order valence-corrected chi connectivity index (χ0v) is 44.7. The molecule has 3 N–H and O–H groups in total. The van der Waals surface area contributed by atoms with Gasteiger partial charge in [0, 0.05) is 19.6 Å². The Labute approximate surface area is 419 Å². The Balaban J connectivity index is 3.97.